The summed E-state index contributed by atoms with van der Waals surface area (Å²) < 4.78 is 0. The highest BCUT2D eigenvalue weighted by molar-refractivity contribution is 5.73. The Labute approximate surface area is 78.1 Å². The second-order valence-corrected chi connectivity index (χ2v) is 4.08. The first-order valence-corrected chi connectivity index (χ1v) is 4.85. The number of hydrogen-bond acceptors (Lipinski definition) is 3. The maximum Gasteiger partial charge on any atom is 0.322 e. The number of aliphatic carboxylic acids is 1. The molecule has 0 aromatic carbocycles. The van der Waals surface area contributed by atoms with Crippen LogP contribution < -0.4 is 0 Å². The van der Waals surface area contributed by atoms with Crippen molar-refractivity contribution in [3.8, 4) is 0 Å². The molecule has 74 valence electrons. The fourth-order valence-corrected chi connectivity index (χ4v) is 2.43. The van der Waals surface area contributed by atoms with Gasteiger partial charge in [0, 0.05) is 19.1 Å². The van der Waals surface area contributed by atoms with Gasteiger partial charge in [0.25, 0.3) is 0 Å². The third kappa shape index (κ3) is 1.56. The molecule has 0 aromatic rings. The normalized spacial score (nSPS) is 36.1. The maximum absolute atomic E-state index is 10.9. The Morgan fingerprint density at radius 1 is 1.46 bits per heavy atom. The summed E-state index contributed by atoms with van der Waals surface area (Å²) in [6.07, 6.45) is 2.46. The second-order valence-electron chi connectivity index (χ2n) is 4.08. The van der Waals surface area contributed by atoms with E-state index >= 15 is 0 Å². The summed E-state index contributed by atoms with van der Waals surface area (Å²) in [6.45, 7) is 2.70. The van der Waals surface area contributed by atoms with Crippen molar-refractivity contribution < 1.29 is 9.90 Å². The Kier molecular flexibility index (Phi) is 2.26. The van der Waals surface area contributed by atoms with Crippen LogP contribution in [0.15, 0.2) is 0 Å². The summed E-state index contributed by atoms with van der Waals surface area (Å²) in [7, 11) is 1.91. The first-order chi connectivity index (χ1) is 6.18. The largest absolute Gasteiger partial charge is 0.480 e. The Balaban J connectivity index is 2.05. The third-order valence-corrected chi connectivity index (χ3v) is 3.22. The van der Waals surface area contributed by atoms with Crippen LogP contribution in [0.1, 0.15) is 12.8 Å². The molecular formula is C9H16N2O2. The third-order valence-electron chi connectivity index (χ3n) is 3.22. The highest BCUT2D eigenvalue weighted by Crippen LogP contribution is 2.23. The van der Waals surface area contributed by atoms with E-state index in [-0.39, 0.29) is 6.04 Å². The highest BCUT2D eigenvalue weighted by atomic mass is 16.4. The zero-order valence-electron chi connectivity index (χ0n) is 7.94. The van der Waals surface area contributed by atoms with Gasteiger partial charge in [0.1, 0.15) is 6.04 Å². The summed E-state index contributed by atoms with van der Waals surface area (Å²) in [5.41, 5.74) is 0. The maximum atomic E-state index is 10.9. The zero-order valence-corrected chi connectivity index (χ0v) is 7.94. The van der Waals surface area contributed by atoms with Crippen LogP contribution in [-0.4, -0.2) is 59.6 Å². The number of piperazine rings is 1. The minimum atomic E-state index is -0.687. The lowest BCUT2D eigenvalue weighted by molar-refractivity contribution is -0.145. The van der Waals surface area contributed by atoms with Crippen molar-refractivity contribution in [1.82, 2.24) is 9.80 Å². The van der Waals surface area contributed by atoms with Crippen molar-refractivity contribution in [2.24, 2.45) is 0 Å². The van der Waals surface area contributed by atoms with E-state index in [2.05, 4.69) is 4.90 Å². The van der Waals surface area contributed by atoms with Gasteiger partial charge in [-0.05, 0) is 26.4 Å². The van der Waals surface area contributed by atoms with Crippen LogP contribution in [-0.2, 0) is 4.79 Å². The molecular weight excluding hydrogens is 168 g/mol. The first kappa shape index (κ1) is 8.97. The molecule has 0 bridgehead atoms. The smallest absolute Gasteiger partial charge is 0.322 e. The summed E-state index contributed by atoms with van der Waals surface area (Å²) in [6, 6.07) is 0.315. The minimum absolute atomic E-state index is 0.297. The average Bonchev–Trinajstić information content (AvgIpc) is 2.48. The lowest BCUT2D eigenvalue weighted by Gasteiger charge is -2.39. The molecule has 2 atom stereocenters. The minimum Gasteiger partial charge on any atom is -0.480 e. The quantitative estimate of drug-likeness (QED) is 0.615. The number of carboxylic acid groups (broad SMARTS) is 1. The summed E-state index contributed by atoms with van der Waals surface area (Å²) in [5.74, 6) is -0.687. The molecule has 2 unspecified atom stereocenters. The average molecular weight is 184 g/mol. The molecule has 0 saturated carbocycles. The van der Waals surface area contributed by atoms with E-state index < -0.39 is 5.97 Å². The lowest BCUT2D eigenvalue weighted by Crippen LogP contribution is -2.57. The van der Waals surface area contributed by atoms with E-state index in [9.17, 15) is 4.79 Å². The predicted octanol–water partition coefficient (Wildman–Crippen LogP) is -0.151. The van der Waals surface area contributed by atoms with E-state index in [1.165, 1.54) is 12.8 Å². The van der Waals surface area contributed by atoms with E-state index in [1.807, 2.05) is 11.9 Å². The predicted molar refractivity (Wildman–Crippen MR) is 48.6 cm³/mol. The van der Waals surface area contributed by atoms with Crippen molar-refractivity contribution in [2.75, 3.05) is 26.7 Å². The van der Waals surface area contributed by atoms with Gasteiger partial charge in [0.2, 0.25) is 0 Å². The standard InChI is InChI=1S/C9H16N2O2/c1-10-5-7-3-2-4-11(7)6-8(10)9(12)13/h7-8H,2-6H2,1H3,(H,12,13). The summed E-state index contributed by atoms with van der Waals surface area (Å²) in [5, 5.41) is 8.96. The van der Waals surface area contributed by atoms with E-state index in [4.69, 9.17) is 5.11 Å². The fourth-order valence-electron chi connectivity index (χ4n) is 2.43. The van der Waals surface area contributed by atoms with Crippen molar-refractivity contribution in [3.63, 3.8) is 0 Å². The summed E-state index contributed by atoms with van der Waals surface area (Å²) in [4.78, 5) is 15.2. The van der Waals surface area contributed by atoms with Gasteiger partial charge in [-0.3, -0.25) is 14.6 Å². The highest BCUT2D eigenvalue weighted by Gasteiger charge is 2.37. The number of nitrogens with zero attached hydrogens (tertiary/aromatic N) is 2. The van der Waals surface area contributed by atoms with Crippen molar-refractivity contribution in [3.05, 3.63) is 0 Å². The molecule has 1 N–H and O–H groups in total. The van der Waals surface area contributed by atoms with Gasteiger partial charge in [0.15, 0.2) is 0 Å². The Morgan fingerprint density at radius 3 is 2.92 bits per heavy atom. The van der Waals surface area contributed by atoms with Crippen LogP contribution in [0, 0.1) is 0 Å². The van der Waals surface area contributed by atoms with Crippen molar-refractivity contribution in [2.45, 2.75) is 24.9 Å². The molecule has 4 heteroatoms. The number of fused-ring (bicyclic) bond motifs is 1. The van der Waals surface area contributed by atoms with Crippen LogP contribution in [0.2, 0.25) is 0 Å². The molecule has 2 fully saturated rings. The molecule has 0 spiro atoms. The molecule has 2 aliphatic rings. The first-order valence-electron chi connectivity index (χ1n) is 4.85. The van der Waals surface area contributed by atoms with Gasteiger partial charge in [0.05, 0.1) is 0 Å². The molecule has 2 heterocycles. The molecule has 2 aliphatic heterocycles. The Morgan fingerprint density at radius 2 is 2.23 bits per heavy atom. The fraction of sp³-hybridized carbons (Fsp3) is 0.889. The van der Waals surface area contributed by atoms with Gasteiger partial charge in [-0.1, -0.05) is 0 Å². The molecule has 0 aliphatic carbocycles. The van der Waals surface area contributed by atoms with Gasteiger partial charge >= 0.3 is 5.97 Å². The second kappa shape index (κ2) is 3.27. The number of carboxylic acids is 1. The van der Waals surface area contributed by atoms with Crippen molar-refractivity contribution >= 4 is 5.97 Å². The Bertz CT molecular complexity index is 220. The molecule has 2 rings (SSSR count). The molecule has 0 amide bonds. The molecule has 0 radical (unpaired) electrons. The van der Waals surface area contributed by atoms with E-state index in [0.717, 1.165) is 13.1 Å². The molecule has 0 aromatic heterocycles. The van der Waals surface area contributed by atoms with Crippen LogP contribution >= 0.6 is 0 Å². The number of hydrogen-bond donors (Lipinski definition) is 1. The number of likely N-dealkylation sites (N-methyl/N-ethyl adjacent to an activating group) is 1. The van der Waals surface area contributed by atoms with E-state index in [1.54, 1.807) is 0 Å². The number of carbonyl (C=O) groups is 1. The van der Waals surface area contributed by atoms with Crippen LogP contribution in [0.25, 0.3) is 0 Å². The zero-order chi connectivity index (χ0) is 9.42. The monoisotopic (exact) mass is 184 g/mol. The molecule has 13 heavy (non-hydrogen) atoms. The molecule has 2 saturated heterocycles. The van der Waals surface area contributed by atoms with Gasteiger partial charge in [-0.15, -0.1) is 0 Å². The van der Waals surface area contributed by atoms with Gasteiger partial charge in [-0.25, -0.2) is 0 Å². The lowest BCUT2D eigenvalue weighted by atomic mass is 10.1. The van der Waals surface area contributed by atoms with Crippen LogP contribution in [0.5, 0.6) is 0 Å². The SMILES string of the molecule is CN1CC2CCCN2CC1C(=O)O. The van der Waals surface area contributed by atoms with Gasteiger partial charge < -0.3 is 5.11 Å². The van der Waals surface area contributed by atoms with Crippen molar-refractivity contribution in [1.29, 1.82) is 0 Å². The summed E-state index contributed by atoms with van der Waals surface area (Å²) >= 11 is 0. The topological polar surface area (TPSA) is 43.8 Å². The molecule has 4 nitrogen and oxygen atoms in total. The van der Waals surface area contributed by atoms with Gasteiger partial charge in [-0.2, -0.15) is 0 Å². The van der Waals surface area contributed by atoms with Crippen LogP contribution in [0.3, 0.4) is 0 Å². The van der Waals surface area contributed by atoms with Crippen LogP contribution in [0.4, 0.5) is 0 Å². The van der Waals surface area contributed by atoms with E-state index in [0.29, 0.717) is 12.6 Å². The number of rotatable bonds is 1. The Hall–Kier alpha value is -0.610.